The van der Waals surface area contributed by atoms with Crippen LogP contribution in [0.15, 0.2) is 9.52 Å². The monoisotopic (exact) mass is 337 g/mol. The van der Waals surface area contributed by atoms with E-state index in [2.05, 4.69) is 41.1 Å². The molecular weight excluding hydrogens is 306 g/mol. The first kappa shape index (κ1) is 18.7. The number of ether oxygens (including phenoxy) is 1. The van der Waals surface area contributed by atoms with Crippen LogP contribution >= 0.6 is 0 Å². The Bertz CT molecular complexity index is 515. The van der Waals surface area contributed by atoms with Crippen molar-refractivity contribution in [1.29, 1.82) is 0 Å². The van der Waals surface area contributed by atoms with Gasteiger partial charge >= 0.3 is 0 Å². The van der Waals surface area contributed by atoms with Gasteiger partial charge < -0.3 is 19.5 Å². The number of nitrogens with zero attached hydrogens (tertiary/aromatic N) is 4. The lowest BCUT2D eigenvalue weighted by molar-refractivity contribution is 0.114. The molecule has 0 amide bonds. The molecule has 1 aliphatic heterocycles. The van der Waals surface area contributed by atoms with Gasteiger partial charge in [-0.25, -0.2) is 0 Å². The summed E-state index contributed by atoms with van der Waals surface area (Å²) in [5, 5.41) is 7.37. The molecule has 1 atom stereocenters. The maximum absolute atomic E-state index is 5.55. The van der Waals surface area contributed by atoms with Crippen LogP contribution in [-0.4, -0.2) is 60.4 Å². The molecule has 7 nitrogen and oxygen atoms in total. The molecule has 1 aromatic heterocycles. The van der Waals surface area contributed by atoms with Crippen molar-refractivity contribution in [2.45, 2.75) is 46.5 Å². The molecule has 1 fully saturated rings. The highest BCUT2D eigenvalue weighted by atomic mass is 16.5. The fourth-order valence-electron chi connectivity index (χ4n) is 2.73. The fraction of sp³-hybridized carbons (Fsp3) is 0.824. The zero-order valence-electron chi connectivity index (χ0n) is 15.4. The Labute approximate surface area is 144 Å². The van der Waals surface area contributed by atoms with Gasteiger partial charge in [0, 0.05) is 44.5 Å². The number of hydrogen-bond donors (Lipinski definition) is 1. The summed E-state index contributed by atoms with van der Waals surface area (Å²) < 4.78 is 10.8. The van der Waals surface area contributed by atoms with Gasteiger partial charge in [0.1, 0.15) is 0 Å². The summed E-state index contributed by atoms with van der Waals surface area (Å²) >= 11 is 0. The summed E-state index contributed by atoms with van der Waals surface area (Å²) in [6.07, 6.45) is 1.83. The van der Waals surface area contributed by atoms with Crippen molar-refractivity contribution in [3.05, 3.63) is 11.7 Å². The first-order valence-corrected chi connectivity index (χ1v) is 9.07. The third-order valence-electron chi connectivity index (χ3n) is 4.07. The molecule has 136 valence electrons. The minimum absolute atomic E-state index is 0.287. The van der Waals surface area contributed by atoms with Crippen LogP contribution in [-0.2, 0) is 11.2 Å². The van der Waals surface area contributed by atoms with Crippen molar-refractivity contribution in [1.82, 2.24) is 20.4 Å². The summed E-state index contributed by atoms with van der Waals surface area (Å²) in [7, 11) is 0. The third kappa shape index (κ3) is 5.47. The normalized spacial score (nSPS) is 18.6. The maximum Gasteiger partial charge on any atom is 0.228 e. The Hall–Kier alpha value is -1.63. The zero-order valence-corrected chi connectivity index (χ0v) is 15.4. The predicted octanol–water partition coefficient (Wildman–Crippen LogP) is 2.06. The highest BCUT2D eigenvalue weighted by Gasteiger charge is 2.24. The summed E-state index contributed by atoms with van der Waals surface area (Å²) in [5.74, 6) is 3.28. The first-order valence-electron chi connectivity index (χ1n) is 9.07. The second-order valence-electron chi connectivity index (χ2n) is 6.45. The van der Waals surface area contributed by atoms with Gasteiger partial charge in [0.15, 0.2) is 11.8 Å². The highest BCUT2D eigenvalue weighted by Crippen LogP contribution is 2.16. The van der Waals surface area contributed by atoms with Gasteiger partial charge in [-0.2, -0.15) is 4.98 Å². The van der Waals surface area contributed by atoms with Crippen LogP contribution in [0.2, 0.25) is 0 Å². The van der Waals surface area contributed by atoms with Crippen molar-refractivity contribution < 1.29 is 9.26 Å². The average Bonchev–Trinajstić information content (AvgIpc) is 3.21. The lowest BCUT2D eigenvalue weighted by atomic mass is 10.1. The summed E-state index contributed by atoms with van der Waals surface area (Å²) in [6, 6.07) is 0. The van der Waals surface area contributed by atoms with Crippen molar-refractivity contribution in [2.24, 2.45) is 10.9 Å². The maximum atomic E-state index is 5.55. The Kier molecular flexibility index (Phi) is 7.49. The number of likely N-dealkylation sites (tertiary alicyclic amines) is 1. The van der Waals surface area contributed by atoms with Gasteiger partial charge in [-0.1, -0.05) is 19.0 Å². The van der Waals surface area contributed by atoms with Gasteiger partial charge in [0.25, 0.3) is 0 Å². The molecule has 2 heterocycles. The van der Waals surface area contributed by atoms with Crippen molar-refractivity contribution in [3.8, 4) is 0 Å². The number of rotatable bonds is 8. The van der Waals surface area contributed by atoms with Gasteiger partial charge in [-0.3, -0.25) is 4.99 Å². The van der Waals surface area contributed by atoms with Crippen LogP contribution < -0.4 is 5.32 Å². The summed E-state index contributed by atoms with van der Waals surface area (Å²) in [4.78, 5) is 11.4. The topological polar surface area (TPSA) is 75.8 Å². The number of nitrogens with one attached hydrogen (secondary N) is 1. The average molecular weight is 337 g/mol. The first-order chi connectivity index (χ1) is 11.6. The molecule has 0 aliphatic carbocycles. The Balaban J connectivity index is 1.86. The van der Waals surface area contributed by atoms with E-state index in [0.717, 1.165) is 51.1 Å². The molecule has 7 heteroatoms. The van der Waals surface area contributed by atoms with Crippen LogP contribution in [0, 0.1) is 5.92 Å². The molecule has 0 bridgehead atoms. The number of hydrogen-bond acceptors (Lipinski definition) is 5. The molecule has 1 unspecified atom stereocenters. The fourth-order valence-corrected chi connectivity index (χ4v) is 2.73. The van der Waals surface area contributed by atoms with E-state index in [0.29, 0.717) is 24.8 Å². The minimum Gasteiger partial charge on any atom is -0.381 e. The lowest BCUT2D eigenvalue weighted by Gasteiger charge is -2.21. The summed E-state index contributed by atoms with van der Waals surface area (Å²) in [5.41, 5.74) is 0. The Morgan fingerprint density at radius 2 is 2.29 bits per heavy atom. The van der Waals surface area contributed by atoms with E-state index >= 15 is 0 Å². The molecule has 1 saturated heterocycles. The molecule has 24 heavy (non-hydrogen) atoms. The van der Waals surface area contributed by atoms with Gasteiger partial charge in [-0.15, -0.1) is 0 Å². The molecule has 0 spiro atoms. The van der Waals surface area contributed by atoms with Crippen molar-refractivity contribution in [2.75, 3.05) is 39.4 Å². The SMILES string of the molecule is CCNC(=NCCc1nc(C(C)C)no1)N1CCC(COCC)C1. The standard InChI is InChI=1S/C17H31N5O2/c1-5-18-17(22-10-8-14(11-22)12-23-6-2)19-9-7-15-20-16(13(3)4)21-24-15/h13-14H,5-12H2,1-4H3,(H,18,19). The van der Waals surface area contributed by atoms with Crippen LogP contribution in [0.1, 0.15) is 51.7 Å². The molecule has 2 rings (SSSR count). The summed E-state index contributed by atoms with van der Waals surface area (Å²) in [6.45, 7) is 13.4. The molecular formula is C17H31N5O2. The smallest absolute Gasteiger partial charge is 0.228 e. The minimum atomic E-state index is 0.287. The highest BCUT2D eigenvalue weighted by molar-refractivity contribution is 5.80. The van der Waals surface area contributed by atoms with Gasteiger partial charge in [-0.05, 0) is 20.3 Å². The van der Waals surface area contributed by atoms with Crippen LogP contribution in [0.5, 0.6) is 0 Å². The van der Waals surface area contributed by atoms with Crippen LogP contribution in [0.3, 0.4) is 0 Å². The van der Waals surface area contributed by atoms with Crippen LogP contribution in [0.25, 0.3) is 0 Å². The van der Waals surface area contributed by atoms with Gasteiger partial charge in [0.05, 0.1) is 13.2 Å². The van der Waals surface area contributed by atoms with E-state index in [1.807, 2.05) is 6.92 Å². The molecule has 1 N–H and O–H groups in total. The molecule has 0 aromatic carbocycles. The molecule has 1 aromatic rings. The molecule has 0 saturated carbocycles. The Morgan fingerprint density at radius 3 is 2.96 bits per heavy atom. The quantitative estimate of drug-likeness (QED) is 0.578. The number of guanidine groups is 1. The van der Waals surface area contributed by atoms with E-state index in [4.69, 9.17) is 14.3 Å². The van der Waals surface area contributed by atoms with E-state index in [9.17, 15) is 0 Å². The Morgan fingerprint density at radius 1 is 1.46 bits per heavy atom. The van der Waals surface area contributed by atoms with Gasteiger partial charge in [0.2, 0.25) is 5.89 Å². The molecule has 0 radical (unpaired) electrons. The van der Waals surface area contributed by atoms with E-state index in [1.165, 1.54) is 0 Å². The lowest BCUT2D eigenvalue weighted by Crippen LogP contribution is -2.40. The third-order valence-corrected chi connectivity index (χ3v) is 4.07. The predicted molar refractivity (Wildman–Crippen MR) is 94.2 cm³/mol. The van der Waals surface area contributed by atoms with Crippen molar-refractivity contribution in [3.63, 3.8) is 0 Å². The van der Waals surface area contributed by atoms with Crippen LogP contribution in [0.4, 0.5) is 0 Å². The van der Waals surface area contributed by atoms with E-state index in [-0.39, 0.29) is 5.92 Å². The second kappa shape index (κ2) is 9.61. The zero-order chi connectivity index (χ0) is 17.4. The van der Waals surface area contributed by atoms with E-state index in [1.54, 1.807) is 0 Å². The van der Waals surface area contributed by atoms with E-state index < -0.39 is 0 Å². The van der Waals surface area contributed by atoms with Crippen molar-refractivity contribution >= 4 is 5.96 Å². The second-order valence-corrected chi connectivity index (χ2v) is 6.45. The largest absolute Gasteiger partial charge is 0.381 e. The molecule has 1 aliphatic rings. The number of aromatic nitrogens is 2. The number of aliphatic imine (C=N–C) groups is 1.